The summed E-state index contributed by atoms with van der Waals surface area (Å²) >= 11 is 3.39. The van der Waals surface area contributed by atoms with Crippen LogP contribution < -0.4 is 5.32 Å². The quantitative estimate of drug-likeness (QED) is 0.592. The number of carbonyl (C=O) groups excluding carboxylic acids is 1. The molecule has 150 valence electrons. The number of hydrogen-bond donors (Lipinski definition) is 3. The largest absolute Gasteiger partial charge is 0.504 e. The Hall–Kier alpha value is -2.89. The smallest absolute Gasteiger partial charge is 0.307 e. The van der Waals surface area contributed by atoms with Crippen molar-refractivity contribution in [3.63, 3.8) is 0 Å². The number of nitriles is 1. The normalized spacial score (nSPS) is 16.4. The first kappa shape index (κ1) is 20.8. The molecule has 1 saturated heterocycles. The van der Waals surface area contributed by atoms with E-state index in [1.54, 1.807) is 24.3 Å². The number of likely N-dealkylation sites (tertiary alicyclic amines) is 1. The molecule has 8 heteroatoms. The second kappa shape index (κ2) is 8.64. The average Bonchev–Trinajstić information content (AvgIpc) is 3.15. The summed E-state index contributed by atoms with van der Waals surface area (Å²) in [7, 11) is 0. The maximum Gasteiger partial charge on any atom is 0.307 e. The van der Waals surface area contributed by atoms with Crippen LogP contribution in [0, 0.1) is 24.2 Å². The van der Waals surface area contributed by atoms with Crippen molar-refractivity contribution >= 4 is 33.5 Å². The second-order valence-corrected chi connectivity index (χ2v) is 7.93. The summed E-state index contributed by atoms with van der Waals surface area (Å²) in [5.41, 5.74) is 2.13. The number of anilines is 1. The maximum absolute atomic E-state index is 12.7. The summed E-state index contributed by atoms with van der Waals surface area (Å²) in [6, 6.07) is 10.4. The van der Waals surface area contributed by atoms with E-state index in [0.717, 1.165) is 10.0 Å². The standard InChI is InChI=1S/C21H20BrN3O4/c1-12-16(3-2-4-17(12)22)20(27)24-18-8-13(7-15(9-23)19(18)26)10-25-6-5-14(11-25)21(28)29/h2-4,7-8,14,26H,5-6,10-11H2,1H3,(H,24,27)(H,28,29). The lowest BCUT2D eigenvalue weighted by Crippen LogP contribution is -2.23. The van der Waals surface area contributed by atoms with Crippen molar-refractivity contribution in [2.75, 3.05) is 18.4 Å². The van der Waals surface area contributed by atoms with E-state index in [1.807, 2.05) is 24.0 Å². The Bertz CT molecular complexity index is 1020. The summed E-state index contributed by atoms with van der Waals surface area (Å²) in [5.74, 6) is -1.90. The van der Waals surface area contributed by atoms with Gasteiger partial charge in [-0.05, 0) is 55.3 Å². The first-order valence-electron chi connectivity index (χ1n) is 9.07. The van der Waals surface area contributed by atoms with E-state index in [1.165, 1.54) is 0 Å². The van der Waals surface area contributed by atoms with Crippen molar-refractivity contribution in [2.45, 2.75) is 19.9 Å². The number of benzene rings is 2. The molecule has 0 aliphatic carbocycles. The van der Waals surface area contributed by atoms with Gasteiger partial charge in [-0.3, -0.25) is 14.5 Å². The van der Waals surface area contributed by atoms with Crippen molar-refractivity contribution in [2.24, 2.45) is 5.92 Å². The third-order valence-corrected chi connectivity index (χ3v) is 5.94. The van der Waals surface area contributed by atoms with E-state index >= 15 is 0 Å². The number of phenols is 1. The third kappa shape index (κ3) is 4.58. The first-order chi connectivity index (χ1) is 13.8. The molecule has 1 fully saturated rings. The molecule has 1 unspecified atom stereocenters. The number of carboxylic acids is 1. The second-order valence-electron chi connectivity index (χ2n) is 7.08. The van der Waals surface area contributed by atoms with Crippen LogP contribution in [0.4, 0.5) is 5.69 Å². The Balaban J connectivity index is 1.84. The van der Waals surface area contributed by atoms with Gasteiger partial charge in [0.1, 0.15) is 6.07 Å². The predicted octanol–water partition coefficient (Wildman–Crippen LogP) is 3.49. The molecule has 2 aromatic carbocycles. The molecule has 0 aromatic heterocycles. The number of aliphatic carboxylic acids is 1. The van der Waals surface area contributed by atoms with Gasteiger partial charge in [0.25, 0.3) is 5.91 Å². The van der Waals surface area contributed by atoms with Gasteiger partial charge >= 0.3 is 5.97 Å². The van der Waals surface area contributed by atoms with Gasteiger partial charge in [0, 0.05) is 23.1 Å². The number of halogens is 1. The molecule has 1 atom stereocenters. The lowest BCUT2D eigenvalue weighted by Gasteiger charge is -2.17. The van der Waals surface area contributed by atoms with E-state index in [0.29, 0.717) is 37.2 Å². The van der Waals surface area contributed by atoms with E-state index in [-0.39, 0.29) is 17.0 Å². The molecule has 1 amide bonds. The fraction of sp³-hybridized carbons (Fsp3) is 0.286. The number of nitrogens with zero attached hydrogens (tertiary/aromatic N) is 2. The summed E-state index contributed by atoms with van der Waals surface area (Å²) in [5, 5.41) is 31.6. The van der Waals surface area contributed by atoms with Gasteiger partial charge in [0.15, 0.2) is 5.75 Å². The lowest BCUT2D eigenvalue weighted by molar-refractivity contribution is -0.141. The Kier molecular flexibility index (Phi) is 6.20. The molecular formula is C21H20BrN3O4. The fourth-order valence-electron chi connectivity index (χ4n) is 3.45. The average molecular weight is 458 g/mol. The van der Waals surface area contributed by atoms with Gasteiger partial charge in [0.05, 0.1) is 17.2 Å². The van der Waals surface area contributed by atoms with Crippen molar-refractivity contribution in [3.8, 4) is 11.8 Å². The van der Waals surface area contributed by atoms with Crippen molar-refractivity contribution in [1.82, 2.24) is 4.90 Å². The molecule has 1 heterocycles. The Labute approximate surface area is 176 Å². The van der Waals surface area contributed by atoms with Crippen LogP contribution in [0.25, 0.3) is 0 Å². The number of phenolic OH excluding ortho intramolecular Hbond substituents is 1. The number of aromatic hydroxyl groups is 1. The zero-order valence-electron chi connectivity index (χ0n) is 15.8. The highest BCUT2D eigenvalue weighted by atomic mass is 79.9. The molecule has 7 nitrogen and oxygen atoms in total. The third-order valence-electron chi connectivity index (χ3n) is 5.08. The van der Waals surface area contributed by atoms with Crippen molar-refractivity contribution in [3.05, 3.63) is 57.1 Å². The van der Waals surface area contributed by atoms with Crippen LogP contribution in [0.15, 0.2) is 34.8 Å². The molecule has 0 saturated carbocycles. The van der Waals surface area contributed by atoms with Gasteiger partial charge in [-0.2, -0.15) is 5.26 Å². The van der Waals surface area contributed by atoms with Crippen molar-refractivity contribution < 1.29 is 19.8 Å². The SMILES string of the molecule is Cc1c(Br)cccc1C(=O)Nc1cc(CN2CCC(C(=O)O)C2)cc(C#N)c1O. The molecule has 1 aliphatic rings. The van der Waals surface area contributed by atoms with E-state index < -0.39 is 17.8 Å². The van der Waals surface area contributed by atoms with Crippen LogP contribution in [0.2, 0.25) is 0 Å². The number of amides is 1. The Morgan fingerprint density at radius 1 is 1.38 bits per heavy atom. The summed E-state index contributed by atoms with van der Waals surface area (Å²) in [6.45, 7) is 3.30. The minimum Gasteiger partial charge on any atom is -0.504 e. The number of carbonyl (C=O) groups is 2. The van der Waals surface area contributed by atoms with Gasteiger partial charge in [-0.25, -0.2) is 0 Å². The molecule has 1 aliphatic heterocycles. The topological polar surface area (TPSA) is 114 Å². The molecule has 0 bridgehead atoms. The predicted molar refractivity (Wildman–Crippen MR) is 111 cm³/mol. The molecule has 3 N–H and O–H groups in total. The highest BCUT2D eigenvalue weighted by Gasteiger charge is 2.28. The number of rotatable bonds is 5. The molecule has 0 spiro atoms. The number of carboxylic acid groups (broad SMARTS) is 1. The van der Waals surface area contributed by atoms with Crippen LogP contribution in [0.3, 0.4) is 0 Å². The molecule has 2 aromatic rings. The van der Waals surface area contributed by atoms with Crippen molar-refractivity contribution in [1.29, 1.82) is 5.26 Å². The minimum atomic E-state index is -0.812. The zero-order chi connectivity index (χ0) is 21.1. The van der Waals surface area contributed by atoms with Gasteiger partial charge in [0.2, 0.25) is 0 Å². The highest BCUT2D eigenvalue weighted by molar-refractivity contribution is 9.10. The van der Waals surface area contributed by atoms with Gasteiger partial charge in [-0.1, -0.05) is 22.0 Å². The number of nitrogens with one attached hydrogen (secondary N) is 1. The number of hydrogen-bond acceptors (Lipinski definition) is 5. The first-order valence-corrected chi connectivity index (χ1v) is 9.87. The monoisotopic (exact) mass is 457 g/mol. The highest BCUT2D eigenvalue weighted by Crippen LogP contribution is 2.31. The van der Waals surface area contributed by atoms with Crippen LogP contribution in [0.1, 0.15) is 33.5 Å². The lowest BCUT2D eigenvalue weighted by atomic mass is 10.1. The van der Waals surface area contributed by atoms with Gasteiger partial charge in [-0.15, -0.1) is 0 Å². The van der Waals surface area contributed by atoms with Gasteiger partial charge < -0.3 is 15.5 Å². The van der Waals surface area contributed by atoms with E-state index in [2.05, 4.69) is 21.2 Å². The Morgan fingerprint density at radius 3 is 2.79 bits per heavy atom. The summed E-state index contributed by atoms with van der Waals surface area (Å²) in [6.07, 6.45) is 0.574. The van der Waals surface area contributed by atoms with E-state index in [4.69, 9.17) is 5.11 Å². The Morgan fingerprint density at radius 2 is 2.14 bits per heavy atom. The maximum atomic E-state index is 12.7. The zero-order valence-corrected chi connectivity index (χ0v) is 17.4. The molecular weight excluding hydrogens is 438 g/mol. The summed E-state index contributed by atoms with van der Waals surface area (Å²) < 4.78 is 0.794. The molecule has 29 heavy (non-hydrogen) atoms. The van der Waals surface area contributed by atoms with Crippen LogP contribution in [0.5, 0.6) is 5.75 Å². The molecule has 0 radical (unpaired) electrons. The fourth-order valence-corrected chi connectivity index (χ4v) is 3.81. The van der Waals surface area contributed by atoms with E-state index in [9.17, 15) is 20.0 Å². The minimum absolute atomic E-state index is 0.0535. The van der Waals surface area contributed by atoms with Crippen LogP contribution in [-0.2, 0) is 11.3 Å². The van der Waals surface area contributed by atoms with Crippen LogP contribution in [-0.4, -0.2) is 40.1 Å². The summed E-state index contributed by atoms with van der Waals surface area (Å²) in [4.78, 5) is 25.8. The van der Waals surface area contributed by atoms with Crippen LogP contribution >= 0.6 is 15.9 Å². The molecule has 3 rings (SSSR count).